The number of fused-ring (bicyclic) bond motifs is 1. The summed E-state index contributed by atoms with van der Waals surface area (Å²) >= 11 is 0. The maximum absolute atomic E-state index is 5.73. The van der Waals surface area contributed by atoms with Crippen molar-refractivity contribution in [3.8, 4) is 0 Å². The zero-order valence-electron chi connectivity index (χ0n) is 10.0. The van der Waals surface area contributed by atoms with Crippen LogP contribution in [-0.2, 0) is 16.0 Å². The summed E-state index contributed by atoms with van der Waals surface area (Å²) in [4.78, 5) is 2.42. The van der Waals surface area contributed by atoms with Gasteiger partial charge in [0.15, 0.2) is 0 Å². The first-order chi connectivity index (χ1) is 8.43. The van der Waals surface area contributed by atoms with E-state index in [4.69, 9.17) is 9.47 Å². The standard InChI is InChI=1S/C14H19NO2/c1-2-5-12(6-3-1)9-15-10-16-11-17-14-8-4-7-13(14)15/h1-3,5-6,13-14H,4,7-11H2/t13-,14-/m0/s1. The molecule has 0 aromatic heterocycles. The second-order valence-electron chi connectivity index (χ2n) is 4.89. The Kier molecular flexibility index (Phi) is 3.41. The van der Waals surface area contributed by atoms with Gasteiger partial charge in [-0.3, -0.25) is 4.90 Å². The van der Waals surface area contributed by atoms with Crippen LogP contribution in [0.2, 0.25) is 0 Å². The van der Waals surface area contributed by atoms with Crippen molar-refractivity contribution < 1.29 is 9.47 Å². The van der Waals surface area contributed by atoms with E-state index in [9.17, 15) is 0 Å². The molecule has 3 nitrogen and oxygen atoms in total. The first-order valence-electron chi connectivity index (χ1n) is 6.41. The number of rotatable bonds is 2. The minimum atomic E-state index is 0.376. The number of nitrogens with zero attached hydrogens (tertiary/aromatic N) is 1. The second kappa shape index (κ2) is 5.17. The smallest absolute Gasteiger partial charge is 0.148 e. The molecule has 2 atom stereocenters. The highest BCUT2D eigenvalue weighted by Crippen LogP contribution is 2.29. The lowest BCUT2D eigenvalue weighted by atomic mass is 10.1. The third kappa shape index (κ3) is 2.51. The molecular weight excluding hydrogens is 214 g/mol. The average molecular weight is 233 g/mol. The Morgan fingerprint density at radius 2 is 2.06 bits per heavy atom. The Morgan fingerprint density at radius 1 is 1.18 bits per heavy atom. The molecule has 1 saturated carbocycles. The van der Waals surface area contributed by atoms with Gasteiger partial charge in [0.25, 0.3) is 0 Å². The summed E-state index contributed by atoms with van der Waals surface area (Å²) in [5, 5.41) is 0. The minimum absolute atomic E-state index is 0.376. The maximum atomic E-state index is 5.73. The average Bonchev–Trinajstić information content (AvgIpc) is 2.75. The van der Waals surface area contributed by atoms with E-state index in [1.165, 1.54) is 24.8 Å². The Hall–Kier alpha value is -0.900. The fourth-order valence-corrected chi connectivity index (χ4v) is 2.89. The van der Waals surface area contributed by atoms with Gasteiger partial charge in [0, 0.05) is 12.6 Å². The van der Waals surface area contributed by atoms with Crippen LogP contribution >= 0.6 is 0 Å². The molecule has 1 aromatic carbocycles. The van der Waals surface area contributed by atoms with Gasteiger partial charge in [-0.2, -0.15) is 0 Å². The molecule has 0 N–H and O–H groups in total. The fourth-order valence-electron chi connectivity index (χ4n) is 2.89. The predicted molar refractivity (Wildman–Crippen MR) is 65.3 cm³/mol. The van der Waals surface area contributed by atoms with Crippen LogP contribution in [0.5, 0.6) is 0 Å². The van der Waals surface area contributed by atoms with E-state index in [-0.39, 0.29) is 0 Å². The van der Waals surface area contributed by atoms with Crippen molar-refractivity contribution in [2.75, 3.05) is 13.5 Å². The van der Waals surface area contributed by atoms with E-state index in [1.54, 1.807) is 0 Å². The van der Waals surface area contributed by atoms with Crippen LogP contribution in [0, 0.1) is 0 Å². The van der Waals surface area contributed by atoms with E-state index in [2.05, 4.69) is 35.2 Å². The Labute approximate surface area is 102 Å². The van der Waals surface area contributed by atoms with Gasteiger partial charge in [0.1, 0.15) is 13.5 Å². The molecule has 1 heterocycles. The highest BCUT2D eigenvalue weighted by molar-refractivity contribution is 5.14. The van der Waals surface area contributed by atoms with Crippen molar-refractivity contribution in [3.63, 3.8) is 0 Å². The van der Waals surface area contributed by atoms with E-state index in [0.717, 1.165) is 6.54 Å². The van der Waals surface area contributed by atoms with Crippen molar-refractivity contribution in [2.45, 2.75) is 38.0 Å². The lowest BCUT2D eigenvalue weighted by Crippen LogP contribution is -2.39. The first kappa shape index (κ1) is 11.2. The second-order valence-corrected chi connectivity index (χ2v) is 4.89. The Bertz CT molecular complexity index is 354. The van der Waals surface area contributed by atoms with Gasteiger partial charge >= 0.3 is 0 Å². The third-order valence-electron chi connectivity index (χ3n) is 3.74. The molecule has 17 heavy (non-hydrogen) atoms. The summed E-state index contributed by atoms with van der Waals surface area (Å²) in [6.45, 7) is 2.11. The van der Waals surface area contributed by atoms with E-state index in [1.807, 2.05) is 0 Å². The van der Waals surface area contributed by atoms with E-state index >= 15 is 0 Å². The molecule has 0 radical (unpaired) electrons. The summed E-state index contributed by atoms with van der Waals surface area (Å²) in [6.07, 6.45) is 4.07. The molecule has 1 aromatic rings. The van der Waals surface area contributed by atoms with Crippen molar-refractivity contribution in [2.24, 2.45) is 0 Å². The van der Waals surface area contributed by atoms with Crippen molar-refractivity contribution in [1.29, 1.82) is 0 Å². The number of hydrogen-bond acceptors (Lipinski definition) is 3. The molecule has 0 unspecified atom stereocenters. The van der Waals surface area contributed by atoms with E-state index in [0.29, 0.717) is 25.7 Å². The number of ether oxygens (including phenoxy) is 2. The summed E-state index contributed by atoms with van der Waals surface area (Å²) in [5.41, 5.74) is 1.35. The minimum Gasteiger partial charge on any atom is -0.350 e. The SMILES string of the molecule is c1ccc(CN2COCO[C@H]3CCC[C@@H]32)cc1. The molecular formula is C14H19NO2. The molecule has 3 heteroatoms. The van der Waals surface area contributed by atoms with Crippen LogP contribution in [0.15, 0.2) is 30.3 Å². The normalized spacial score (nSPS) is 29.9. The van der Waals surface area contributed by atoms with Crippen molar-refractivity contribution in [3.05, 3.63) is 35.9 Å². The first-order valence-corrected chi connectivity index (χ1v) is 6.41. The van der Waals surface area contributed by atoms with Crippen LogP contribution in [-0.4, -0.2) is 30.6 Å². The topological polar surface area (TPSA) is 21.7 Å². The molecule has 0 amide bonds. The van der Waals surface area contributed by atoms with Crippen LogP contribution in [0.25, 0.3) is 0 Å². The fraction of sp³-hybridized carbons (Fsp3) is 0.571. The lowest BCUT2D eigenvalue weighted by Gasteiger charge is -2.28. The van der Waals surface area contributed by atoms with Crippen molar-refractivity contribution in [1.82, 2.24) is 4.90 Å². The largest absolute Gasteiger partial charge is 0.350 e. The molecule has 1 aliphatic carbocycles. The van der Waals surface area contributed by atoms with Gasteiger partial charge in [0.2, 0.25) is 0 Å². The monoisotopic (exact) mass is 233 g/mol. The quantitative estimate of drug-likeness (QED) is 0.782. The van der Waals surface area contributed by atoms with Crippen LogP contribution in [0.3, 0.4) is 0 Å². The highest BCUT2D eigenvalue weighted by Gasteiger charge is 2.34. The lowest BCUT2D eigenvalue weighted by molar-refractivity contribution is -0.0721. The zero-order valence-corrected chi connectivity index (χ0v) is 10.0. The maximum Gasteiger partial charge on any atom is 0.148 e. The molecule has 1 aliphatic heterocycles. The molecule has 2 aliphatic rings. The van der Waals surface area contributed by atoms with Crippen LogP contribution in [0.1, 0.15) is 24.8 Å². The summed E-state index contributed by atoms with van der Waals surface area (Å²) in [6, 6.07) is 11.1. The third-order valence-corrected chi connectivity index (χ3v) is 3.74. The zero-order chi connectivity index (χ0) is 11.5. The van der Waals surface area contributed by atoms with E-state index < -0.39 is 0 Å². The summed E-state index contributed by atoms with van der Waals surface area (Å²) in [5.74, 6) is 0. The van der Waals surface area contributed by atoms with Gasteiger partial charge in [-0.15, -0.1) is 0 Å². The van der Waals surface area contributed by atoms with Gasteiger partial charge in [-0.05, 0) is 24.8 Å². The van der Waals surface area contributed by atoms with Gasteiger partial charge < -0.3 is 9.47 Å². The molecule has 0 spiro atoms. The molecule has 3 rings (SSSR count). The molecule has 1 saturated heterocycles. The van der Waals surface area contributed by atoms with Gasteiger partial charge in [-0.1, -0.05) is 30.3 Å². The van der Waals surface area contributed by atoms with Crippen molar-refractivity contribution >= 4 is 0 Å². The van der Waals surface area contributed by atoms with Crippen LogP contribution in [0.4, 0.5) is 0 Å². The molecule has 92 valence electrons. The highest BCUT2D eigenvalue weighted by atomic mass is 16.7. The van der Waals surface area contributed by atoms with Gasteiger partial charge in [-0.25, -0.2) is 0 Å². The Balaban J connectivity index is 1.72. The number of benzene rings is 1. The molecule has 0 bridgehead atoms. The van der Waals surface area contributed by atoms with Crippen LogP contribution < -0.4 is 0 Å². The van der Waals surface area contributed by atoms with Gasteiger partial charge in [0.05, 0.1) is 6.10 Å². The predicted octanol–water partition coefficient (Wildman–Crippen LogP) is 2.37. The Morgan fingerprint density at radius 3 is 2.94 bits per heavy atom. The summed E-state index contributed by atoms with van der Waals surface area (Å²) in [7, 11) is 0. The summed E-state index contributed by atoms with van der Waals surface area (Å²) < 4.78 is 11.3. The number of hydrogen-bond donors (Lipinski definition) is 0. The molecule has 2 fully saturated rings.